The largest absolute Gasteiger partial charge is 0.495 e. The molecule has 5 heteroatoms. The Morgan fingerprint density at radius 2 is 2.27 bits per heavy atom. The number of amides is 1. The van der Waals surface area contributed by atoms with E-state index in [1.54, 1.807) is 18.9 Å². The molecule has 2 rings (SSSR count). The van der Waals surface area contributed by atoms with Crippen LogP contribution in [-0.2, 0) is 4.79 Å². The topological polar surface area (TPSA) is 41.6 Å². The van der Waals surface area contributed by atoms with Crippen molar-refractivity contribution in [2.45, 2.75) is 19.8 Å². The molecule has 1 atom stereocenters. The van der Waals surface area contributed by atoms with Gasteiger partial charge in [0.05, 0.1) is 18.6 Å². The van der Waals surface area contributed by atoms with Crippen LogP contribution >= 0.6 is 11.8 Å². The molecule has 0 aromatic heterocycles. The minimum Gasteiger partial charge on any atom is -0.495 e. The van der Waals surface area contributed by atoms with E-state index in [0.717, 1.165) is 49.7 Å². The van der Waals surface area contributed by atoms with Crippen molar-refractivity contribution in [3.8, 4) is 5.75 Å². The van der Waals surface area contributed by atoms with Gasteiger partial charge < -0.3 is 15.0 Å². The van der Waals surface area contributed by atoms with E-state index in [0.29, 0.717) is 11.7 Å². The van der Waals surface area contributed by atoms with Gasteiger partial charge in [0, 0.05) is 19.6 Å². The van der Waals surface area contributed by atoms with Crippen molar-refractivity contribution >= 4 is 23.4 Å². The average Bonchev–Trinajstić information content (AvgIpc) is 3.02. The summed E-state index contributed by atoms with van der Waals surface area (Å²) < 4.78 is 5.43. The average molecular weight is 322 g/mol. The van der Waals surface area contributed by atoms with Gasteiger partial charge in [-0.15, -0.1) is 0 Å². The molecule has 0 aliphatic carbocycles. The van der Waals surface area contributed by atoms with Crippen LogP contribution in [0.4, 0.5) is 5.69 Å². The van der Waals surface area contributed by atoms with Gasteiger partial charge in [-0.1, -0.05) is 19.1 Å². The smallest absolute Gasteiger partial charge is 0.230 e. The van der Waals surface area contributed by atoms with Crippen molar-refractivity contribution in [1.29, 1.82) is 0 Å². The first-order valence-corrected chi connectivity index (χ1v) is 9.12. The summed E-state index contributed by atoms with van der Waals surface area (Å²) >= 11 is 1.71. The standard InChI is InChI=1S/C17H26N2O2S/c1-3-10-22-13-17(20)18-11-14-8-9-19(12-14)15-6-4-5-7-16(15)21-2/h4-7,14H,3,8-13H2,1-2H3,(H,18,20). The second-order valence-electron chi connectivity index (χ2n) is 5.63. The van der Waals surface area contributed by atoms with Gasteiger partial charge >= 0.3 is 0 Å². The van der Waals surface area contributed by atoms with Gasteiger partial charge in [0.15, 0.2) is 0 Å². The van der Waals surface area contributed by atoms with Crippen LogP contribution in [0.2, 0.25) is 0 Å². The van der Waals surface area contributed by atoms with Gasteiger partial charge in [0.2, 0.25) is 5.91 Å². The lowest BCUT2D eigenvalue weighted by atomic mass is 10.1. The van der Waals surface area contributed by atoms with Crippen LogP contribution in [0.25, 0.3) is 0 Å². The quantitative estimate of drug-likeness (QED) is 0.747. The fraction of sp³-hybridized carbons (Fsp3) is 0.588. The molecule has 1 saturated heterocycles. The summed E-state index contributed by atoms with van der Waals surface area (Å²) in [6, 6.07) is 8.12. The highest BCUT2D eigenvalue weighted by Gasteiger charge is 2.24. The van der Waals surface area contributed by atoms with E-state index in [-0.39, 0.29) is 5.91 Å². The molecule has 4 nitrogen and oxygen atoms in total. The van der Waals surface area contributed by atoms with Crippen LogP contribution < -0.4 is 15.0 Å². The van der Waals surface area contributed by atoms with Crippen molar-refractivity contribution in [3.63, 3.8) is 0 Å². The molecule has 1 aromatic rings. The molecular formula is C17H26N2O2S. The van der Waals surface area contributed by atoms with Crippen molar-refractivity contribution in [3.05, 3.63) is 24.3 Å². The van der Waals surface area contributed by atoms with E-state index < -0.39 is 0 Å². The Labute approximate surface area is 137 Å². The number of hydrogen-bond donors (Lipinski definition) is 1. The summed E-state index contributed by atoms with van der Waals surface area (Å²) in [5, 5.41) is 3.07. The van der Waals surface area contributed by atoms with Gasteiger partial charge in [-0.25, -0.2) is 0 Å². The molecule has 1 amide bonds. The van der Waals surface area contributed by atoms with E-state index in [4.69, 9.17) is 4.74 Å². The zero-order valence-corrected chi connectivity index (χ0v) is 14.3. The van der Waals surface area contributed by atoms with Crippen LogP contribution in [0.5, 0.6) is 5.75 Å². The summed E-state index contributed by atoms with van der Waals surface area (Å²) in [6.45, 7) is 4.90. The van der Waals surface area contributed by atoms with Crippen molar-refractivity contribution in [2.75, 3.05) is 43.1 Å². The molecule has 0 radical (unpaired) electrons. The van der Waals surface area contributed by atoms with Crippen LogP contribution in [0.1, 0.15) is 19.8 Å². The number of rotatable bonds is 8. The summed E-state index contributed by atoms with van der Waals surface area (Å²) in [4.78, 5) is 14.1. The fourth-order valence-electron chi connectivity index (χ4n) is 2.73. The molecular weight excluding hydrogens is 296 g/mol. The zero-order valence-electron chi connectivity index (χ0n) is 13.5. The minimum absolute atomic E-state index is 0.161. The van der Waals surface area contributed by atoms with E-state index in [1.807, 2.05) is 18.2 Å². The van der Waals surface area contributed by atoms with E-state index in [9.17, 15) is 4.79 Å². The summed E-state index contributed by atoms with van der Waals surface area (Å²) in [6.07, 6.45) is 2.23. The summed E-state index contributed by atoms with van der Waals surface area (Å²) in [5.74, 6) is 3.23. The highest BCUT2D eigenvalue weighted by atomic mass is 32.2. The molecule has 1 heterocycles. The molecule has 1 aliphatic heterocycles. The Hall–Kier alpha value is -1.36. The summed E-state index contributed by atoms with van der Waals surface area (Å²) in [7, 11) is 1.71. The number of carbonyl (C=O) groups is 1. The van der Waals surface area contributed by atoms with E-state index in [1.165, 1.54) is 0 Å². The third-order valence-electron chi connectivity index (χ3n) is 3.88. The number of methoxy groups -OCH3 is 1. The van der Waals surface area contributed by atoms with Crippen LogP contribution in [0.15, 0.2) is 24.3 Å². The first-order valence-electron chi connectivity index (χ1n) is 7.97. The molecule has 1 unspecified atom stereocenters. The minimum atomic E-state index is 0.161. The number of carbonyl (C=O) groups excluding carboxylic acids is 1. The van der Waals surface area contributed by atoms with Gasteiger partial charge in [0.1, 0.15) is 5.75 Å². The first kappa shape index (κ1) is 17.0. The third kappa shape index (κ3) is 4.83. The van der Waals surface area contributed by atoms with Gasteiger partial charge in [-0.3, -0.25) is 4.79 Å². The number of ether oxygens (including phenoxy) is 1. The lowest BCUT2D eigenvalue weighted by molar-refractivity contribution is -0.118. The third-order valence-corrected chi connectivity index (χ3v) is 5.04. The second-order valence-corrected chi connectivity index (χ2v) is 6.73. The number of benzene rings is 1. The van der Waals surface area contributed by atoms with E-state index in [2.05, 4.69) is 23.2 Å². The molecule has 0 spiro atoms. The molecule has 1 aliphatic rings. The lowest BCUT2D eigenvalue weighted by Crippen LogP contribution is -2.32. The number of thioether (sulfide) groups is 1. The van der Waals surface area contributed by atoms with Crippen molar-refractivity contribution in [1.82, 2.24) is 5.32 Å². The predicted octanol–water partition coefficient (Wildman–Crippen LogP) is 2.78. The maximum atomic E-state index is 11.8. The van der Waals surface area contributed by atoms with Gasteiger partial charge in [0.25, 0.3) is 0 Å². The number of hydrogen-bond acceptors (Lipinski definition) is 4. The second kappa shape index (κ2) is 8.93. The number of nitrogens with zero attached hydrogens (tertiary/aromatic N) is 1. The van der Waals surface area contributed by atoms with Gasteiger partial charge in [-0.05, 0) is 36.6 Å². The van der Waals surface area contributed by atoms with Crippen LogP contribution in [0, 0.1) is 5.92 Å². The van der Waals surface area contributed by atoms with Gasteiger partial charge in [-0.2, -0.15) is 11.8 Å². The highest BCUT2D eigenvalue weighted by Crippen LogP contribution is 2.31. The molecule has 1 fully saturated rings. The molecule has 0 bridgehead atoms. The Balaban J connectivity index is 1.77. The normalized spacial score (nSPS) is 17.5. The maximum absolute atomic E-state index is 11.8. The number of para-hydroxylation sites is 2. The van der Waals surface area contributed by atoms with E-state index >= 15 is 0 Å². The Bertz CT molecular complexity index is 481. The molecule has 0 saturated carbocycles. The highest BCUT2D eigenvalue weighted by molar-refractivity contribution is 7.99. The zero-order chi connectivity index (χ0) is 15.8. The van der Waals surface area contributed by atoms with Crippen LogP contribution in [0.3, 0.4) is 0 Å². The first-order chi connectivity index (χ1) is 10.7. The monoisotopic (exact) mass is 322 g/mol. The number of nitrogens with one attached hydrogen (secondary N) is 1. The predicted molar refractivity (Wildman–Crippen MR) is 93.9 cm³/mol. The molecule has 122 valence electrons. The summed E-state index contributed by atoms with van der Waals surface area (Å²) in [5.41, 5.74) is 1.15. The molecule has 1 aromatic carbocycles. The Kier molecular flexibility index (Phi) is 6.90. The Morgan fingerprint density at radius 1 is 1.45 bits per heavy atom. The van der Waals surface area contributed by atoms with Crippen LogP contribution in [-0.4, -0.2) is 44.2 Å². The van der Waals surface area contributed by atoms with Crippen molar-refractivity contribution < 1.29 is 9.53 Å². The SMILES string of the molecule is CCCSCC(=O)NCC1CCN(c2ccccc2OC)C1. The Morgan fingerprint density at radius 3 is 3.05 bits per heavy atom. The fourth-order valence-corrected chi connectivity index (χ4v) is 3.45. The lowest BCUT2D eigenvalue weighted by Gasteiger charge is -2.21. The van der Waals surface area contributed by atoms with Crippen molar-refractivity contribution in [2.24, 2.45) is 5.92 Å². The molecule has 1 N–H and O–H groups in total. The maximum Gasteiger partial charge on any atom is 0.230 e. The number of anilines is 1. The molecule has 22 heavy (non-hydrogen) atoms.